The highest BCUT2D eigenvalue weighted by Gasteiger charge is 2.29. The number of fused-ring (bicyclic) bond motifs is 1. The van der Waals surface area contributed by atoms with Gasteiger partial charge in [0, 0.05) is 29.6 Å². The van der Waals surface area contributed by atoms with Gasteiger partial charge < -0.3 is 5.32 Å². The first-order chi connectivity index (χ1) is 7.36. The third-order valence-corrected chi connectivity index (χ3v) is 3.90. The van der Waals surface area contributed by atoms with E-state index in [9.17, 15) is 0 Å². The zero-order valence-electron chi connectivity index (χ0n) is 9.36. The number of nitrogens with one attached hydrogen (secondary N) is 1. The Hall–Kier alpha value is -0.540. The molecule has 2 nitrogen and oxygen atoms in total. The first kappa shape index (κ1) is 11.0. The lowest BCUT2D eigenvalue weighted by Crippen LogP contribution is -2.33. The maximum atomic E-state index is 4.54. The lowest BCUT2D eigenvalue weighted by Gasteiger charge is -2.22. The minimum Gasteiger partial charge on any atom is -0.316 e. The molecule has 0 fully saturated rings. The summed E-state index contributed by atoms with van der Waals surface area (Å²) in [5, 5.41) is 3.42. The molecule has 2 unspecified atom stereocenters. The van der Waals surface area contributed by atoms with Crippen LogP contribution in [0.1, 0.15) is 23.6 Å². The summed E-state index contributed by atoms with van der Waals surface area (Å²) in [6, 6.07) is 4.83. The van der Waals surface area contributed by atoms with Crippen LogP contribution in [0.3, 0.4) is 0 Å². The Morgan fingerprint density at radius 1 is 1.67 bits per heavy atom. The van der Waals surface area contributed by atoms with Gasteiger partial charge in [-0.1, -0.05) is 6.07 Å². The summed E-state index contributed by atoms with van der Waals surface area (Å²) >= 11 is 1.91. The average molecular weight is 222 g/mol. The molecule has 1 aromatic heterocycles. The number of nitrogens with zero attached hydrogens (tertiary/aromatic N) is 1. The Kier molecular flexibility index (Phi) is 3.65. The van der Waals surface area contributed by atoms with E-state index in [1.165, 1.54) is 24.1 Å². The van der Waals surface area contributed by atoms with Gasteiger partial charge in [0.15, 0.2) is 0 Å². The number of rotatable bonds is 4. The first-order valence-electron chi connectivity index (χ1n) is 5.46. The number of hydrogen-bond acceptors (Lipinski definition) is 3. The van der Waals surface area contributed by atoms with E-state index in [0.29, 0.717) is 12.0 Å². The molecule has 2 rings (SSSR count). The molecular formula is C12H18N2S. The SMILES string of the molecule is CNC(CSC)C1CCc2cccnc21. The molecule has 1 aromatic rings. The molecule has 15 heavy (non-hydrogen) atoms. The van der Waals surface area contributed by atoms with E-state index >= 15 is 0 Å². The number of aryl methyl sites for hydroxylation is 1. The van der Waals surface area contributed by atoms with Crippen molar-refractivity contribution in [2.45, 2.75) is 24.8 Å². The van der Waals surface area contributed by atoms with Crippen LogP contribution in [0.5, 0.6) is 0 Å². The van der Waals surface area contributed by atoms with Crippen LogP contribution < -0.4 is 5.32 Å². The standard InChI is InChI=1S/C12H18N2S/c1-13-11(8-15-2)10-6-5-9-4-3-7-14-12(9)10/h3-4,7,10-11,13H,5-6,8H2,1-2H3. The highest BCUT2D eigenvalue weighted by molar-refractivity contribution is 7.98. The minimum atomic E-state index is 0.566. The second-order valence-corrected chi connectivity index (χ2v) is 4.95. The second-order valence-electron chi connectivity index (χ2n) is 4.04. The third-order valence-electron chi connectivity index (χ3n) is 3.20. The Bertz CT molecular complexity index is 327. The average Bonchev–Trinajstić information content (AvgIpc) is 2.70. The number of hydrogen-bond donors (Lipinski definition) is 1. The largest absolute Gasteiger partial charge is 0.316 e. The Balaban J connectivity index is 2.18. The van der Waals surface area contributed by atoms with Gasteiger partial charge in [0.25, 0.3) is 0 Å². The van der Waals surface area contributed by atoms with Crippen molar-refractivity contribution in [3.05, 3.63) is 29.6 Å². The molecule has 1 N–H and O–H groups in total. The van der Waals surface area contributed by atoms with Gasteiger partial charge in [-0.15, -0.1) is 0 Å². The molecule has 1 aliphatic rings. The van der Waals surface area contributed by atoms with Gasteiger partial charge in [-0.3, -0.25) is 4.98 Å². The van der Waals surface area contributed by atoms with Crippen LogP contribution in [-0.4, -0.2) is 30.1 Å². The van der Waals surface area contributed by atoms with Crippen molar-refractivity contribution in [3.8, 4) is 0 Å². The van der Waals surface area contributed by atoms with Gasteiger partial charge in [0.1, 0.15) is 0 Å². The fourth-order valence-corrected chi connectivity index (χ4v) is 3.17. The zero-order chi connectivity index (χ0) is 10.7. The molecule has 0 saturated heterocycles. The number of aromatic nitrogens is 1. The lowest BCUT2D eigenvalue weighted by atomic mass is 9.98. The number of pyridine rings is 1. The van der Waals surface area contributed by atoms with Crippen LogP contribution in [0, 0.1) is 0 Å². The van der Waals surface area contributed by atoms with Crippen molar-refractivity contribution in [1.29, 1.82) is 0 Å². The molecule has 0 spiro atoms. The number of thioether (sulfide) groups is 1. The van der Waals surface area contributed by atoms with E-state index in [1.807, 2.05) is 24.0 Å². The fraction of sp³-hybridized carbons (Fsp3) is 0.583. The molecule has 0 aromatic carbocycles. The molecule has 3 heteroatoms. The maximum Gasteiger partial charge on any atom is 0.0482 e. The fourth-order valence-electron chi connectivity index (χ4n) is 2.42. The van der Waals surface area contributed by atoms with Gasteiger partial charge in [0.2, 0.25) is 0 Å². The van der Waals surface area contributed by atoms with Gasteiger partial charge in [-0.05, 0) is 37.8 Å². The van der Waals surface area contributed by atoms with Crippen LogP contribution in [0.2, 0.25) is 0 Å². The van der Waals surface area contributed by atoms with Gasteiger partial charge in [-0.25, -0.2) is 0 Å². The Labute approximate surface area is 95.9 Å². The molecule has 0 bridgehead atoms. The van der Waals surface area contributed by atoms with Crippen molar-refractivity contribution in [3.63, 3.8) is 0 Å². The molecule has 0 aliphatic heterocycles. The van der Waals surface area contributed by atoms with Crippen molar-refractivity contribution in [1.82, 2.24) is 10.3 Å². The summed E-state index contributed by atoms with van der Waals surface area (Å²) in [6.07, 6.45) is 6.53. The molecule has 0 saturated carbocycles. The molecule has 0 radical (unpaired) electrons. The van der Waals surface area contributed by atoms with Gasteiger partial charge >= 0.3 is 0 Å². The van der Waals surface area contributed by atoms with E-state index in [2.05, 4.69) is 29.7 Å². The summed E-state index contributed by atoms with van der Waals surface area (Å²) in [7, 11) is 2.06. The predicted octanol–water partition coefficient (Wildman–Crippen LogP) is 2.06. The smallest absolute Gasteiger partial charge is 0.0482 e. The number of likely N-dealkylation sites (N-methyl/N-ethyl adjacent to an activating group) is 1. The normalized spacial score (nSPS) is 21.3. The zero-order valence-corrected chi connectivity index (χ0v) is 10.2. The highest BCUT2D eigenvalue weighted by Crippen LogP contribution is 2.34. The van der Waals surface area contributed by atoms with E-state index < -0.39 is 0 Å². The van der Waals surface area contributed by atoms with Gasteiger partial charge in [0.05, 0.1) is 0 Å². The van der Waals surface area contributed by atoms with Crippen molar-refractivity contribution in [2.24, 2.45) is 0 Å². The Morgan fingerprint density at radius 3 is 3.27 bits per heavy atom. The summed E-state index contributed by atoms with van der Waals surface area (Å²) in [6.45, 7) is 0. The molecule has 0 amide bonds. The summed E-state index contributed by atoms with van der Waals surface area (Å²) in [5.74, 6) is 1.77. The van der Waals surface area contributed by atoms with Gasteiger partial charge in [-0.2, -0.15) is 11.8 Å². The topological polar surface area (TPSA) is 24.9 Å². The molecule has 1 aliphatic carbocycles. The molecular weight excluding hydrogens is 204 g/mol. The van der Waals surface area contributed by atoms with Crippen molar-refractivity contribution in [2.75, 3.05) is 19.1 Å². The van der Waals surface area contributed by atoms with Crippen LogP contribution in [-0.2, 0) is 6.42 Å². The van der Waals surface area contributed by atoms with E-state index in [4.69, 9.17) is 0 Å². The molecule has 1 heterocycles. The maximum absolute atomic E-state index is 4.54. The molecule has 2 atom stereocenters. The predicted molar refractivity (Wildman–Crippen MR) is 66.5 cm³/mol. The van der Waals surface area contributed by atoms with Crippen molar-refractivity contribution < 1.29 is 0 Å². The summed E-state index contributed by atoms with van der Waals surface area (Å²) in [5.41, 5.74) is 2.77. The van der Waals surface area contributed by atoms with Crippen LogP contribution in [0.25, 0.3) is 0 Å². The van der Waals surface area contributed by atoms with E-state index in [-0.39, 0.29) is 0 Å². The second kappa shape index (κ2) is 4.99. The highest BCUT2D eigenvalue weighted by atomic mass is 32.2. The minimum absolute atomic E-state index is 0.566. The summed E-state index contributed by atoms with van der Waals surface area (Å²) < 4.78 is 0. The van der Waals surface area contributed by atoms with E-state index in [0.717, 1.165) is 5.75 Å². The third kappa shape index (κ3) is 2.18. The van der Waals surface area contributed by atoms with Crippen LogP contribution in [0.15, 0.2) is 18.3 Å². The van der Waals surface area contributed by atoms with Crippen LogP contribution in [0.4, 0.5) is 0 Å². The quantitative estimate of drug-likeness (QED) is 0.844. The van der Waals surface area contributed by atoms with Crippen LogP contribution >= 0.6 is 11.8 Å². The summed E-state index contributed by atoms with van der Waals surface area (Å²) in [4.78, 5) is 4.54. The Morgan fingerprint density at radius 2 is 2.53 bits per heavy atom. The lowest BCUT2D eigenvalue weighted by molar-refractivity contribution is 0.491. The van der Waals surface area contributed by atoms with E-state index in [1.54, 1.807) is 0 Å². The first-order valence-corrected chi connectivity index (χ1v) is 6.86. The monoisotopic (exact) mass is 222 g/mol. The van der Waals surface area contributed by atoms with Crippen molar-refractivity contribution >= 4 is 11.8 Å². The molecule has 82 valence electrons.